The van der Waals surface area contributed by atoms with Gasteiger partial charge in [0.05, 0.1) is 17.7 Å². The average molecular weight is 275 g/mol. The molecular formula is C16H21NO3. The van der Waals surface area contributed by atoms with Crippen LogP contribution < -0.4 is 0 Å². The van der Waals surface area contributed by atoms with Crippen LogP contribution in [0.15, 0.2) is 30.3 Å². The number of rotatable bonds is 4. The molecule has 1 aromatic carbocycles. The van der Waals surface area contributed by atoms with Crippen LogP contribution in [0.1, 0.15) is 36.0 Å². The van der Waals surface area contributed by atoms with Crippen LogP contribution in [0, 0.1) is 0 Å². The van der Waals surface area contributed by atoms with Crippen LogP contribution in [0.2, 0.25) is 0 Å². The number of hydrogen-bond acceptors (Lipinski definition) is 4. The molecule has 0 amide bonds. The van der Waals surface area contributed by atoms with Crippen molar-refractivity contribution in [3.63, 3.8) is 0 Å². The number of carbonyl (C=O) groups is 1. The molecular weight excluding hydrogens is 254 g/mol. The van der Waals surface area contributed by atoms with Crippen LogP contribution in [0.3, 0.4) is 0 Å². The molecule has 0 spiro atoms. The maximum atomic E-state index is 12.0. The quantitative estimate of drug-likeness (QED) is 0.852. The van der Waals surface area contributed by atoms with Crippen LogP contribution in [-0.4, -0.2) is 47.3 Å². The Hall–Kier alpha value is -1.39. The Kier molecular flexibility index (Phi) is 3.76. The van der Waals surface area contributed by atoms with Gasteiger partial charge in [0.25, 0.3) is 0 Å². The molecule has 4 nitrogen and oxygen atoms in total. The number of nitrogens with zero attached hydrogens (tertiary/aromatic N) is 1. The van der Waals surface area contributed by atoms with E-state index < -0.39 is 0 Å². The molecule has 1 aromatic rings. The molecule has 0 unspecified atom stereocenters. The van der Waals surface area contributed by atoms with Gasteiger partial charge in [0, 0.05) is 6.04 Å². The number of fused-ring (bicyclic) bond motifs is 1. The van der Waals surface area contributed by atoms with E-state index in [1.807, 2.05) is 18.2 Å². The molecule has 3 rings (SSSR count). The van der Waals surface area contributed by atoms with Crippen molar-refractivity contribution in [3.8, 4) is 0 Å². The van der Waals surface area contributed by atoms with Gasteiger partial charge in [-0.1, -0.05) is 18.2 Å². The molecule has 20 heavy (non-hydrogen) atoms. The maximum absolute atomic E-state index is 12.0. The average Bonchev–Trinajstić information content (AvgIpc) is 3.04. The standard InChI is InChI=1S/C16H21NO3/c18-11-14-7-9-16(8-4-10-17(14)16)12-20-15(19)13-5-2-1-3-6-13/h1-3,5-6,14,18H,4,7-12H2/t14-,16+/m0/s1. The number of aliphatic hydroxyl groups is 1. The van der Waals surface area contributed by atoms with E-state index in [1.54, 1.807) is 12.1 Å². The predicted molar refractivity (Wildman–Crippen MR) is 75.5 cm³/mol. The molecule has 2 fully saturated rings. The lowest BCUT2D eigenvalue weighted by Crippen LogP contribution is -2.47. The lowest BCUT2D eigenvalue weighted by molar-refractivity contribution is 0.0154. The summed E-state index contributed by atoms with van der Waals surface area (Å²) < 4.78 is 5.55. The molecule has 108 valence electrons. The minimum absolute atomic E-state index is 0.0299. The van der Waals surface area contributed by atoms with E-state index in [4.69, 9.17) is 4.74 Å². The van der Waals surface area contributed by atoms with Crippen molar-refractivity contribution in [2.75, 3.05) is 19.8 Å². The summed E-state index contributed by atoms with van der Waals surface area (Å²) in [5, 5.41) is 9.43. The number of esters is 1. The maximum Gasteiger partial charge on any atom is 0.338 e. The summed E-state index contributed by atoms with van der Waals surface area (Å²) in [7, 11) is 0. The topological polar surface area (TPSA) is 49.8 Å². The van der Waals surface area contributed by atoms with Gasteiger partial charge >= 0.3 is 5.97 Å². The highest BCUT2D eigenvalue weighted by Crippen LogP contribution is 2.42. The minimum atomic E-state index is -0.251. The van der Waals surface area contributed by atoms with E-state index in [0.29, 0.717) is 12.2 Å². The number of hydrogen-bond donors (Lipinski definition) is 1. The number of carbonyl (C=O) groups excluding carboxylic acids is 1. The van der Waals surface area contributed by atoms with Gasteiger partial charge in [0.2, 0.25) is 0 Å². The summed E-state index contributed by atoms with van der Waals surface area (Å²) >= 11 is 0. The van der Waals surface area contributed by atoms with Crippen LogP contribution in [0.4, 0.5) is 0 Å². The van der Waals surface area contributed by atoms with Gasteiger partial charge in [-0.2, -0.15) is 0 Å². The summed E-state index contributed by atoms with van der Waals surface area (Å²) in [4.78, 5) is 14.4. The molecule has 2 aliphatic heterocycles. The van der Waals surface area contributed by atoms with Crippen molar-refractivity contribution in [2.45, 2.75) is 37.3 Å². The zero-order valence-electron chi connectivity index (χ0n) is 11.6. The highest BCUT2D eigenvalue weighted by Gasteiger charge is 2.49. The highest BCUT2D eigenvalue weighted by molar-refractivity contribution is 5.89. The number of ether oxygens (including phenoxy) is 1. The molecule has 0 aliphatic carbocycles. The highest BCUT2D eigenvalue weighted by atomic mass is 16.5. The van der Waals surface area contributed by atoms with Gasteiger partial charge in [0.15, 0.2) is 0 Å². The van der Waals surface area contributed by atoms with Crippen LogP contribution in [0.5, 0.6) is 0 Å². The van der Waals surface area contributed by atoms with Crippen molar-refractivity contribution >= 4 is 5.97 Å². The third-order valence-corrected chi connectivity index (χ3v) is 4.73. The first-order valence-electron chi connectivity index (χ1n) is 7.35. The fourth-order valence-electron chi connectivity index (χ4n) is 3.66. The molecule has 1 N–H and O–H groups in total. The summed E-state index contributed by atoms with van der Waals surface area (Å²) in [6, 6.07) is 9.36. The van der Waals surface area contributed by atoms with Gasteiger partial charge in [0.1, 0.15) is 6.61 Å². The van der Waals surface area contributed by atoms with Crippen molar-refractivity contribution in [1.82, 2.24) is 4.90 Å². The van der Waals surface area contributed by atoms with Crippen molar-refractivity contribution in [2.24, 2.45) is 0 Å². The summed E-state index contributed by atoms with van der Waals surface area (Å²) in [6.45, 7) is 1.65. The zero-order valence-corrected chi connectivity index (χ0v) is 11.6. The Balaban J connectivity index is 1.65. The van der Waals surface area contributed by atoms with Crippen molar-refractivity contribution in [3.05, 3.63) is 35.9 Å². The lowest BCUT2D eigenvalue weighted by atomic mass is 9.95. The van der Waals surface area contributed by atoms with Gasteiger partial charge < -0.3 is 9.84 Å². The number of aliphatic hydroxyl groups excluding tert-OH is 1. The van der Waals surface area contributed by atoms with Crippen molar-refractivity contribution < 1.29 is 14.6 Å². The largest absolute Gasteiger partial charge is 0.460 e. The predicted octanol–water partition coefficient (Wildman–Crippen LogP) is 1.83. The van der Waals surface area contributed by atoms with E-state index in [-0.39, 0.29) is 24.2 Å². The second-order valence-corrected chi connectivity index (χ2v) is 5.84. The van der Waals surface area contributed by atoms with E-state index in [0.717, 1.165) is 32.2 Å². The molecule has 0 radical (unpaired) electrons. The van der Waals surface area contributed by atoms with E-state index in [9.17, 15) is 9.90 Å². The van der Waals surface area contributed by atoms with Crippen LogP contribution in [0.25, 0.3) is 0 Å². The van der Waals surface area contributed by atoms with Gasteiger partial charge in [-0.15, -0.1) is 0 Å². The van der Waals surface area contributed by atoms with Gasteiger partial charge in [-0.25, -0.2) is 4.79 Å². The first-order valence-corrected chi connectivity index (χ1v) is 7.35. The zero-order chi connectivity index (χ0) is 14.0. The van der Waals surface area contributed by atoms with Crippen LogP contribution in [-0.2, 0) is 4.74 Å². The monoisotopic (exact) mass is 275 g/mol. The third-order valence-electron chi connectivity index (χ3n) is 4.73. The number of benzene rings is 1. The van der Waals surface area contributed by atoms with E-state index in [2.05, 4.69) is 4.90 Å². The van der Waals surface area contributed by atoms with E-state index in [1.165, 1.54) is 0 Å². The second-order valence-electron chi connectivity index (χ2n) is 5.84. The minimum Gasteiger partial charge on any atom is -0.460 e. The summed E-state index contributed by atoms with van der Waals surface area (Å²) in [6.07, 6.45) is 4.20. The Morgan fingerprint density at radius 3 is 2.90 bits per heavy atom. The molecule has 2 saturated heterocycles. The fraction of sp³-hybridized carbons (Fsp3) is 0.562. The smallest absolute Gasteiger partial charge is 0.338 e. The first-order chi connectivity index (χ1) is 9.75. The third kappa shape index (κ3) is 2.34. The molecule has 0 saturated carbocycles. The molecule has 0 bridgehead atoms. The van der Waals surface area contributed by atoms with Gasteiger partial charge in [-0.3, -0.25) is 4.90 Å². The lowest BCUT2D eigenvalue weighted by Gasteiger charge is -2.34. The molecule has 2 aliphatic rings. The Morgan fingerprint density at radius 1 is 1.35 bits per heavy atom. The van der Waals surface area contributed by atoms with Gasteiger partial charge in [-0.05, 0) is 44.4 Å². The Morgan fingerprint density at radius 2 is 2.15 bits per heavy atom. The summed E-state index contributed by atoms with van der Waals surface area (Å²) in [5.74, 6) is -0.251. The SMILES string of the molecule is O=C(OC[C@]12CCCN1[C@H](CO)CC2)c1ccccc1. The molecule has 2 atom stereocenters. The summed E-state index contributed by atoms with van der Waals surface area (Å²) in [5.41, 5.74) is 0.572. The normalized spacial score (nSPS) is 29.4. The molecule has 0 aromatic heterocycles. The molecule has 2 heterocycles. The fourth-order valence-corrected chi connectivity index (χ4v) is 3.66. The Bertz CT molecular complexity index is 476. The van der Waals surface area contributed by atoms with E-state index >= 15 is 0 Å². The molecule has 4 heteroatoms. The first kappa shape index (κ1) is 13.6. The Labute approximate surface area is 119 Å². The van der Waals surface area contributed by atoms with Crippen molar-refractivity contribution in [1.29, 1.82) is 0 Å². The second kappa shape index (κ2) is 5.54. The van der Waals surface area contributed by atoms with Crippen LogP contribution >= 0.6 is 0 Å².